The van der Waals surface area contributed by atoms with E-state index in [1.807, 2.05) is 49.9 Å². The first-order valence-corrected chi connectivity index (χ1v) is 12.3. The largest absolute Gasteiger partial charge is 0.491 e. The molecule has 0 bridgehead atoms. The summed E-state index contributed by atoms with van der Waals surface area (Å²) in [4.78, 5) is 31.4. The molecule has 2 amide bonds. The standard InChI is InChI=1S/C26H30N2O4S/c1-4-19(3)28(26(30)23-10-7-14-31-23)16-25(29)27-13-11-24-20(12-15-33-24)21(27)17-32-22-9-6-5-8-18(22)2/h5-10,12,14-15,19,21H,4,11,13,16-17H2,1-3H3. The lowest BCUT2D eigenvalue weighted by Crippen LogP contribution is -2.49. The first-order chi connectivity index (χ1) is 16.0. The quantitative estimate of drug-likeness (QED) is 0.464. The Labute approximate surface area is 198 Å². The number of fused-ring (bicyclic) bond motifs is 1. The number of benzene rings is 1. The highest BCUT2D eigenvalue weighted by atomic mass is 32.1. The number of nitrogens with zero attached hydrogens (tertiary/aromatic N) is 2. The smallest absolute Gasteiger partial charge is 0.290 e. The molecule has 3 aromatic rings. The van der Waals surface area contributed by atoms with E-state index < -0.39 is 0 Å². The van der Waals surface area contributed by atoms with Crippen LogP contribution in [0, 0.1) is 6.92 Å². The van der Waals surface area contributed by atoms with E-state index in [-0.39, 0.29) is 36.2 Å². The highest BCUT2D eigenvalue weighted by molar-refractivity contribution is 7.10. The van der Waals surface area contributed by atoms with Crippen molar-refractivity contribution in [3.63, 3.8) is 0 Å². The van der Waals surface area contributed by atoms with E-state index in [4.69, 9.17) is 9.15 Å². The summed E-state index contributed by atoms with van der Waals surface area (Å²) in [6, 6.07) is 13.0. The van der Waals surface area contributed by atoms with Crippen LogP contribution in [0.15, 0.2) is 58.5 Å². The zero-order chi connectivity index (χ0) is 23.4. The maximum Gasteiger partial charge on any atom is 0.290 e. The van der Waals surface area contributed by atoms with Crippen LogP contribution in [-0.2, 0) is 11.2 Å². The Morgan fingerprint density at radius 2 is 2.06 bits per heavy atom. The second-order valence-electron chi connectivity index (χ2n) is 8.40. The average molecular weight is 467 g/mol. The number of carbonyl (C=O) groups excluding carboxylic acids is 2. The summed E-state index contributed by atoms with van der Waals surface area (Å²) in [7, 11) is 0. The highest BCUT2D eigenvalue weighted by Gasteiger charge is 2.34. The summed E-state index contributed by atoms with van der Waals surface area (Å²) in [6.07, 6.45) is 3.04. The highest BCUT2D eigenvalue weighted by Crippen LogP contribution is 2.34. The molecule has 2 atom stereocenters. The van der Waals surface area contributed by atoms with Crippen LogP contribution in [0.4, 0.5) is 0 Å². The van der Waals surface area contributed by atoms with Gasteiger partial charge in [0.05, 0.1) is 12.3 Å². The van der Waals surface area contributed by atoms with Gasteiger partial charge in [-0.05, 0) is 67.5 Å². The predicted molar refractivity (Wildman–Crippen MR) is 129 cm³/mol. The number of hydrogen-bond acceptors (Lipinski definition) is 5. The summed E-state index contributed by atoms with van der Waals surface area (Å²) < 4.78 is 11.5. The van der Waals surface area contributed by atoms with Crippen molar-refractivity contribution in [1.82, 2.24) is 9.80 Å². The van der Waals surface area contributed by atoms with Crippen LogP contribution in [0.3, 0.4) is 0 Å². The Hall–Kier alpha value is -3.06. The van der Waals surface area contributed by atoms with Gasteiger partial charge in [0.1, 0.15) is 18.9 Å². The van der Waals surface area contributed by atoms with E-state index in [2.05, 4.69) is 11.4 Å². The van der Waals surface area contributed by atoms with Crippen LogP contribution in [0.1, 0.15) is 52.9 Å². The molecule has 0 saturated carbocycles. The Morgan fingerprint density at radius 3 is 2.79 bits per heavy atom. The molecule has 0 radical (unpaired) electrons. The fourth-order valence-electron chi connectivity index (χ4n) is 4.19. The number of thiophene rings is 1. The second kappa shape index (κ2) is 10.3. The molecule has 0 N–H and O–H groups in total. The van der Waals surface area contributed by atoms with E-state index >= 15 is 0 Å². The van der Waals surface area contributed by atoms with Gasteiger partial charge in [-0.15, -0.1) is 11.3 Å². The van der Waals surface area contributed by atoms with Gasteiger partial charge in [-0.2, -0.15) is 0 Å². The normalized spacial score (nSPS) is 16.2. The number of amides is 2. The summed E-state index contributed by atoms with van der Waals surface area (Å²) in [6.45, 7) is 6.97. The Balaban J connectivity index is 1.55. The van der Waals surface area contributed by atoms with Gasteiger partial charge in [-0.1, -0.05) is 25.1 Å². The molecule has 174 valence electrons. The lowest BCUT2D eigenvalue weighted by atomic mass is 10.00. The molecule has 0 aliphatic carbocycles. The molecule has 0 spiro atoms. The van der Waals surface area contributed by atoms with Gasteiger partial charge >= 0.3 is 0 Å². The maximum atomic E-state index is 13.6. The van der Waals surface area contributed by atoms with Crippen molar-refractivity contribution in [2.24, 2.45) is 0 Å². The molecule has 4 rings (SSSR count). The first-order valence-electron chi connectivity index (χ1n) is 11.4. The summed E-state index contributed by atoms with van der Waals surface area (Å²) in [5.74, 6) is 0.733. The minimum Gasteiger partial charge on any atom is -0.491 e. The van der Waals surface area contributed by atoms with E-state index in [1.165, 1.54) is 11.1 Å². The molecule has 2 unspecified atom stereocenters. The number of hydrogen-bond donors (Lipinski definition) is 0. The minimum absolute atomic E-state index is 0.00880. The minimum atomic E-state index is -0.261. The SMILES string of the molecule is CCC(C)N(CC(=O)N1CCc2sccc2C1COc1ccccc1C)C(=O)c1ccco1. The van der Waals surface area contributed by atoms with Crippen LogP contribution < -0.4 is 4.74 Å². The lowest BCUT2D eigenvalue weighted by molar-refractivity contribution is -0.136. The number of rotatable bonds is 8. The van der Waals surface area contributed by atoms with E-state index in [0.29, 0.717) is 13.2 Å². The van der Waals surface area contributed by atoms with Crippen molar-refractivity contribution in [3.05, 3.63) is 75.9 Å². The topological polar surface area (TPSA) is 63.0 Å². The zero-order valence-electron chi connectivity index (χ0n) is 19.3. The van der Waals surface area contributed by atoms with Crippen LogP contribution >= 0.6 is 11.3 Å². The molecule has 6 nitrogen and oxygen atoms in total. The van der Waals surface area contributed by atoms with Crippen molar-refractivity contribution >= 4 is 23.2 Å². The zero-order valence-corrected chi connectivity index (χ0v) is 20.1. The molecule has 1 aliphatic rings. The molecular weight excluding hydrogens is 436 g/mol. The molecule has 1 aliphatic heterocycles. The summed E-state index contributed by atoms with van der Waals surface area (Å²) in [5.41, 5.74) is 2.20. The Morgan fingerprint density at radius 1 is 1.24 bits per heavy atom. The second-order valence-corrected chi connectivity index (χ2v) is 9.40. The van der Waals surface area contributed by atoms with E-state index in [0.717, 1.165) is 29.7 Å². The van der Waals surface area contributed by atoms with Gasteiger partial charge in [0, 0.05) is 17.5 Å². The predicted octanol–water partition coefficient (Wildman–Crippen LogP) is 5.10. The van der Waals surface area contributed by atoms with Crippen LogP contribution in [0.2, 0.25) is 0 Å². The van der Waals surface area contributed by atoms with E-state index in [1.54, 1.807) is 28.4 Å². The third-order valence-electron chi connectivity index (χ3n) is 6.33. The molecule has 0 fully saturated rings. The van der Waals surface area contributed by atoms with Gasteiger partial charge in [0.2, 0.25) is 5.91 Å². The Kier molecular flexibility index (Phi) is 7.18. The number of furan rings is 1. The van der Waals surface area contributed by atoms with Crippen LogP contribution in [0.5, 0.6) is 5.75 Å². The van der Waals surface area contributed by atoms with Crippen molar-refractivity contribution < 1.29 is 18.7 Å². The number of carbonyl (C=O) groups is 2. The van der Waals surface area contributed by atoms with Gasteiger partial charge in [-0.3, -0.25) is 9.59 Å². The maximum absolute atomic E-state index is 13.6. The average Bonchev–Trinajstić information content (AvgIpc) is 3.53. The fraction of sp³-hybridized carbons (Fsp3) is 0.385. The summed E-state index contributed by atoms with van der Waals surface area (Å²) >= 11 is 1.72. The molecule has 3 heterocycles. The molecule has 1 aromatic carbocycles. The van der Waals surface area contributed by atoms with Crippen molar-refractivity contribution in [2.45, 2.75) is 45.7 Å². The molecule has 7 heteroatoms. The monoisotopic (exact) mass is 466 g/mol. The molecule has 2 aromatic heterocycles. The lowest BCUT2D eigenvalue weighted by Gasteiger charge is -2.38. The van der Waals surface area contributed by atoms with Gasteiger partial charge < -0.3 is 19.0 Å². The Bertz CT molecular complexity index is 1090. The molecular formula is C26H30N2O4S. The van der Waals surface area contributed by atoms with Gasteiger partial charge in [-0.25, -0.2) is 0 Å². The third-order valence-corrected chi connectivity index (χ3v) is 7.32. The van der Waals surface area contributed by atoms with Crippen molar-refractivity contribution in [1.29, 1.82) is 0 Å². The third kappa shape index (κ3) is 4.98. The van der Waals surface area contributed by atoms with Crippen LogP contribution in [-0.4, -0.2) is 47.4 Å². The van der Waals surface area contributed by atoms with Crippen molar-refractivity contribution in [2.75, 3.05) is 19.7 Å². The van der Waals surface area contributed by atoms with Gasteiger partial charge in [0.15, 0.2) is 5.76 Å². The van der Waals surface area contributed by atoms with E-state index in [9.17, 15) is 9.59 Å². The van der Waals surface area contributed by atoms with Crippen molar-refractivity contribution in [3.8, 4) is 5.75 Å². The molecule has 0 saturated heterocycles. The first kappa shape index (κ1) is 23.1. The summed E-state index contributed by atoms with van der Waals surface area (Å²) in [5, 5.41) is 2.07. The molecule has 33 heavy (non-hydrogen) atoms. The number of ether oxygens (including phenoxy) is 1. The number of aryl methyl sites for hydroxylation is 1. The fourth-order valence-corrected chi connectivity index (χ4v) is 5.12. The van der Waals surface area contributed by atoms with Crippen LogP contribution in [0.25, 0.3) is 0 Å². The number of para-hydroxylation sites is 1. The van der Waals surface area contributed by atoms with Gasteiger partial charge in [0.25, 0.3) is 5.91 Å².